The fourth-order valence-corrected chi connectivity index (χ4v) is 8.51. The predicted octanol–water partition coefficient (Wildman–Crippen LogP) is 14.5. The molecule has 0 bridgehead atoms. The van der Waals surface area contributed by atoms with Crippen LogP contribution in [0.1, 0.15) is 213 Å². The molecule has 0 spiro atoms. The Balaban J connectivity index is 4.46. The quantitative estimate of drug-likeness (QED) is 0.0410. The maximum atomic E-state index is 6.61. The summed E-state index contributed by atoms with van der Waals surface area (Å²) in [4.78, 5) is 0. The monoisotopic (exact) mass is 648 g/mol. The van der Waals surface area contributed by atoms with Gasteiger partial charge >= 0.3 is 7.94 Å². The molecule has 0 amide bonds. The standard InChI is InChI=1S/C38H79O3PS/c1-4-7-10-13-16-19-22-25-28-31-34-39-42(41-36-38-43,37-33-30-27-24-21-18-15-12-9-6-3)40-35-32-29-26-23-20-17-14-11-8-5-2/h4-38H2,1-3H3/p+1. The van der Waals surface area contributed by atoms with Gasteiger partial charge in [0.15, 0.2) is 0 Å². The van der Waals surface area contributed by atoms with Crippen LogP contribution in [0, 0.1) is 0 Å². The molecule has 0 radical (unpaired) electrons. The summed E-state index contributed by atoms with van der Waals surface area (Å²) in [6.45, 7) is 9.08. The van der Waals surface area contributed by atoms with Gasteiger partial charge in [-0.25, -0.2) is 0 Å². The van der Waals surface area contributed by atoms with E-state index in [-0.39, 0.29) is 0 Å². The normalized spacial score (nSPS) is 12.0. The number of thiol groups is 1. The third kappa shape index (κ3) is 32.4. The Morgan fingerprint density at radius 3 is 0.884 bits per heavy atom. The minimum atomic E-state index is -2.29. The molecule has 0 aromatic rings. The van der Waals surface area contributed by atoms with Crippen molar-refractivity contribution in [3.05, 3.63) is 0 Å². The molecule has 0 aliphatic rings. The molecule has 0 fully saturated rings. The summed E-state index contributed by atoms with van der Waals surface area (Å²) in [5.74, 6) is 0.725. The second kappa shape index (κ2) is 37.1. The Labute approximate surface area is 278 Å². The van der Waals surface area contributed by atoms with Gasteiger partial charge in [0.1, 0.15) is 12.8 Å². The number of unbranched alkanes of at least 4 members (excludes halogenated alkanes) is 27. The Kier molecular flexibility index (Phi) is 37.7. The fourth-order valence-electron chi connectivity index (χ4n) is 5.86. The van der Waals surface area contributed by atoms with Gasteiger partial charge in [0.2, 0.25) is 0 Å². The Morgan fingerprint density at radius 1 is 0.326 bits per heavy atom. The molecule has 0 rings (SSSR count). The van der Waals surface area contributed by atoms with Gasteiger partial charge in [-0.05, 0) is 25.7 Å². The van der Waals surface area contributed by atoms with Gasteiger partial charge in [0.25, 0.3) is 0 Å². The lowest BCUT2D eigenvalue weighted by atomic mass is 10.1. The molecule has 0 aromatic heterocycles. The van der Waals surface area contributed by atoms with Crippen molar-refractivity contribution in [1.82, 2.24) is 0 Å². The van der Waals surface area contributed by atoms with Crippen molar-refractivity contribution in [2.24, 2.45) is 0 Å². The van der Waals surface area contributed by atoms with E-state index in [9.17, 15) is 0 Å². The highest BCUT2D eigenvalue weighted by atomic mass is 32.1. The summed E-state index contributed by atoms with van der Waals surface area (Å²) in [7, 11) is -2.29. The lowest BCUT2D eigenvalue weighted by molar-refractivity contribution is 0.137. The van der Waals surface area contributed by atoms with Crippen molar-refractivity contribution >= 4 is 20.6 Å². The zero-order valence-electron chi connectivity index (χ0n) is 29.9. The Morgan fingerprint density at radius 2 is 0.581 bits per heavy atom. The van der Waals surface area contributed by atoms with Crippen LogP contribution in [0.15, 0.2) is 0 Å². The van der Waals surface area contributed by atoms with Crippen molar-refractivity contribution in [3.63, 3.8) is 0 Å². The van der Waals surface area contributed by atoms with Crippen LogP contribution in [-0.4, -0.2) is 31.7 Å². The highest BCUT2D eigenvalue weighted by Crippen LogP contribution is 2.63. The van der Waals surface area contributed by atoms with Gasteiger partial charge in [-0.15, -0.1) is 0 Å². The molecule has 43 heavy (non-hydrogen) atoms. The lowest BCUT2D eigenvalue weighted by Gasteiger charge is -2.22. The van der Waals surface area contributed by atoms with Crippen LogP contribution in [0.2, 0.25) is 0 Å². The lowest BCUT2D eigenvalue weighted by Crippen LogP contribution is -2.14. The Bertz CT molecular complexity index is 482. The maximum Gasteiger partial charge on any atom is 0.411 e. The predicted molar refractivity (Wildman–Crippen MR) is 199 cm³/mol. The van der Waals surface area contributed by atoms with Crippen molar-refractivity contribution < 1.29 is 13.6 Å². The van der Waals surface area contributed by atoms with Crippen molar-refractivity contribution in [1.29, 1.82) is 0 Å². The van der Waals surface area contributed by atoms with E-state index in [4.69, 9.17) is 13.6 Å². The first-order chi connectivity index (χ1) is 21.2. The molecule has 0 saturated heterocycles. The molecule has 0 heterocycles. The van der Waals surface area contributed by atoms with Crippen molar-refractivity contribution in [3.8, 4) is 0 Å². The smallest absolute Gasteiger partial charge is 0.178 e. The number of hydrogen-bond acceptors (Lipinski definition) is 4. The summed E-state index contributed by atoms with van der Waals surface area (Å²) in [5.41, 5.74) is 0. The molecule has 5 heteroatoms. The topological polar surface area (TPSA) is 27.7 Å². The van der Waals surface area contributed by atoms with E-state index < -0.39 is 7.94 Å². The van der Waals surface area contributed by atoms with Gasteiger partial charge in [0.05, 0.1) is 13.2 Å². The number of rotatable bonds is 38. The summed E-state index contributed by atoms with van der Waals surface area (Å²) < 4.78 is 19.7. The van der Waals surface area contributed by atoms with E-state index in [2.05, 4.69) is 33.4 Å². The second-order valence-electron chi connectivity index (χ2n) is 13.1. The summed E-state index contributed by atoms with van der Waals surface area (Å²) >= 11 is 4.46. The third-order valence-corrected chi connectivity index (χ3v) is 11.5. The molecule has 0 aliphatic carbocycles. The highest BCUT2D eigenvalue weighted by Gasteiger charge is 2.44. The van der Waals surface area contributed by atoms with E-state index in [1.807, 2.05) is 0 Å². The molecule has 0 aromatic carbocycles. The van der Waals surface area contributed by atoms with Gasteiger partial charge in [0, 0.05) is 5.75 Å². The molecular formula is C38H80O3PS+. The van der Waals surface area contributed by atoms with Crippen molar-refractivity contribution in [2.45, 2.75) is 213 Å². The summed E-state index contributed by atoms with van der Waals surface area (Å²) in [6.07, 6.45) is 41.4. The minimum Gasteiger partial charge on any atom is -0.178 e. The number of hydrogen-bond donors (Lipinski definition) is 1. The largest absolute Gasteiger partial charge is 0.411 e. The molecule has 3 nitrogen and oxygen atoms in total. The van der Waals surface area contributed by atoms with Crippen LogP contribution in [0.3, 0.4) is 0 Å². The molecule has 0 aliphatic heterocycles. The van der Waals surface area contributed by atoms with Crippen LogP contribution in [0.5, 0.6) is 0 Å². The van der Waals surface area contributed by atoms with Gasteiger partial charge in [-0.1, -0.05) is 188 Å². The van der Waals surface area contributed by atoms with Gasteiger partial charge < -0.3 is 0 Å². The molecule has 0 unspecified atom stereocenters. The van der Waals surface area contributed by atoms with Gasteiger partial charge in [-0.2, -0.15) is 26.2 Å². The highest BCUT2D eigenvalue weighted by molar-refractivity contribution is 7.80. The van der Waals surface area contributed by atoms with E-state index >= 15 is 0 Å². The molecule has 0 N–H and O–H groups in total. The minimum absolute atomic E-state index is 0.630. The first kappa shape index (κ1) is 43.7. The Hall–Kier alpha value is 0.660. The van der Waals surface area contributed by atoms with E-state index in [0.717, 1.165) is 44.4 Å². The fraction of sp³-hybridized carbons (Fsp3) is 1.00. The van der Waals surface area contributed by atoms with Crippen LogP contribution in [0.4, 0.5) is 0 Å². The van der Waals surface area contributed by atoms with Crippen LogP contribution in [0.25, 0.3) is 0 Å². The van der Waals surface area contributed by atoms with E-state index in [1.54, 1.807) is 0 Å². The SMILES string of the molecule is CCCCCCCCCCCCO[P+](CCCCCCCCCCCC)(OCCS)OCCCCCCCCCCCC. The molecule has 260 valence electrons. The average molecular weight is 648 g/mol. The van der Waals surface area contributed by atoms with E-state index in [0.29, 0.717) is 6.61 Å². The molecule has 0 saturated carbocycles. The first-order valence-electron chi connectivity index (χ1n) is 19.7. The molecular weight excluding hydrogens is 567 g/mol. The maximum absolute atomic E-state index is 6.61. The zero-order valence-corrected chi connectivity index (χ0v) is 31.7. The average Bonchev–Trinajstić information content (AvgIpc) is 3.02. The first-order valence-corrected chi connectivity index (χ1v) is 22.0. The second-order valence-corrected chi connectivity index (χ2v) is 16.0. The summed E-state index contributed by atoms with van der Waals surface area (Å²) in [6, 6.07) is 0. The molecule has 0 atom stereocenters. The van der Waals surface area contributed by atoms with Crippen molar-refractivity contribution in [2.75, 3.05) is 31.7 Å². The van der Waals surface area contributed by atoms with Crippen LogP contribution in [-0.2, 0) is 13.6 Å². The van der Waals surface area contributed by atoms with Crippen LogP contribution >= 0.6 is 20.6 Å². The van der Waals surface area contributed by atoms with E-state index in [1.165, 1.54) is 173 Å². The van der Waals surface area contributed by atoms with Gasteiger partial charge in [-0.3, -0.25) is 0 Å². The zero-order chi connectivity index (χ0) is 31.4. The van der Waals surface area contributed by atoms with Crippen LogP contribution < -0.4 is 0 Å². The summed E-state index contributed by atoms with van der Waals surface area (Å²) in [5, 5.41) is 0. The third-order valence-electron chi connectivity index (χ3n) is 8.74.